The lowest BCUT2D eigenvalue weighted by molar-refractivity contribution is -0.121. The molecule has 8 heteroatoms. The summed E-state index contributed by atoms with van der Waals surface area (Å²) < 4.78 is 27.0. The number of carbonyl (C=O) groups excluding carboxylic acids is 2. The van der Waals surface area contributed by atoms with Crippen LogP contribution in [0.25, 0.3) is 0 Å². The second-order valence-electron chi connectivity index (χ2n) is 8.18. The molecule has 172 valence electrons. The summed E-state index contributed by atoms with van der Waals surface area (Å²) >= 11 is 0. The van der Waals surface area contributed by atoms with Crippen LogP contribution >= 0.6 is 0 Å². The number of carbonyl (C=O) groups is 2. The number of rotatable bonds is 8. The highest BCUT2D eigenvalue weighted by atomic mass is 32.2. The van der Waals surface area contributed by atoms with Crippen molar-refractivity contribution in [2.45, 2.75) is 45.1 Å². The SMILES string of the molecule is CCN(CC)S(=O)(=O)c1cccc(C(=O)NC(C(=O)N2CCc3ccccc32)C(C)C)c1. The van der Waals surface area contributed by atoms with Gasteiger partial charge in [0.05, 0.1) is 4.90 Å². The molecular weight excluding hydrogens is 426 g/mol. The van der Waals surface area contributed by atoms with E-state index in [0.29, 0.717) is 19.6 Å². The predicted molar refractivity (Wildman–Crippen MR) is 125 cm³/mol. The van der Waals surface area contributed by atoms with Gasteiger partial charge in [-0.05, 0) is 42.2 Å². The van der Waals surface area contributed by atoms with Crippen LogP contribution in [0.2, 0.25) is 0 Å². The molecule has 1 aliphatic heterocycles. The molecule has 7 nitrogen and oxygen atoms in total. The highest BCUT2D eigenvalue weighted by Crippen LogP contribution is 2.28. The number of nitrogens with zero attached hydrogens (tertiary/aromatic N) is 2. The van der Waals surface area contributed by atoms with Crippen LogP contribution in [0.4, 0.5) is 5.69 Å². The van der Waals surface area contributed by atoms with Gasteiger partial charge < -0.3 is 10.2 Å². The molecule has 0 aliphatic carbocycles. The van der Waals surface area contributed by atoms with Gasteiger partial charge in [0.15, 0.2) is 0 Å². The molecule has 1 N–H and O–H groups in total. The molecule has 0 aromatic heterocycles. The molecule has 3 rings (SSSR count). The first-order chi connectivity index (χ1) is 15.2. The highest BCUT2D eigenvalue weighted by Gasteiger charge is 2.33. The lowest BCUT2D eigenvalue weighted by atomic mass is 10.0. The molecule has 2 amide bonds. The first kappa shape index (κ1) is 23.9. The van der Waals surface area contributed by atoms with E-state index >= 15 is 0 Å². The van der Waals surface area contributed by atoms with Crippen molar-refractivity contribution in [3.63, 3.8) is 0 Å². The number of anilines is 1. The Morgan fingerprint density at radius 2 is 1.75 bits per heavy atom. The number of sulfonamides is 1. The summed E-state index contributed by atoms with van der Waals surface area (Å²) in [5, 5.41) is 2.84. The second kappa shape index (κ2) is 9.83. The zero-order valence-electron chi connectivity index (χ0n) is 19.0. The van der Waals surface area contributed by atoms with Gasteiger partial charge in [-0.3, -0.25) is 9.59 Å². The summed E-state index contributed by atoms with van der Waals surface area (Å²) in [6.07, 6.45) is 0.784. The summed E-state index contributed by atoms with van der Waals surface area (Å²) in [5.74, 6) is -0.770. The van der Waals surface area contributed by atoms with Crippen LogP contribution in [-0.2, 0) is 21.2 Å². The van der Waals surface area contributed by atoms with Crippen molar-refractivity contribution in [1.82, 2.24) is 9.62 Å². The fraction of sp³-hybridized carbons (Fsp3) is 0.417. The third kappa shape index (κ3) is 4.71. The predicted octanol–water partition coefficient (Wildman–Crippen LogP) is 3.06. The van der Waals surface area contributed by atoms with Crippen LogP contribution < -0.4 is 10.2 Å². The number of hydrogen-bond donors (Lipinski definition) is 1. The van der Waals surface area contributed by atoms with Gasteiger partial charge in [-0.1, -0.05) is 52.0 Å². The van der Waals surface area contributed by atoms with E-state index in [1.54, 1.807) is 30.9 Å². The monoisotopic (exact) mass is 457 g/mol. The number of nitrogens with one attached hydrogen (secondary N) is 1. The fourth-order valence-corrected chi connectivity index (χ4v) is 5.49. The molecule has 2 aromatic rings. The van der Waals surface area contributed by atoms with Gasteiger partial charge >= 0.3 is 0 Å². The minimum Gasteiger partial charge on any atom is -0.340 e. The van der Waals surface area contributed by atoms with E-state index in [2.05, 4.69) is 5.32 Å². The van der Waals surface area contributed by atoms with Crippen LogP contribution in [0.5, 0.6) is 0 Å². The zero-order valence-corrected chi connectivity index (χ0v) is 19.9. The molecular formula is C24H31N3O4S. The summed E-state index contributed by atoms with van der Waals surface area (Å²) in [5.41, 5.74) is 2.20. The van der Waals surface area contributed by atoms with E-state index < -0.39 is 22.0 Å². The largest absolute Gasteiger partial charge is 0.340 e. The Kier molecular flexibility index (Phi) is 7.36. The Balaban J connectivity index is 1.83. The fourth-order valence-electron chi connectivity index (χ4n) is 3.98. The van der Waals surface area contributed by atoms with E-state index in [0.717, 1.165) is 17.7 Å². The molecule has 1 atom stereocenters. The van der Waals surface area contributed by atoms with Gasteiger partial charge in [-0.15, -0.1) is 0 Å². The molecule has 2 aromatic carbocycles. The lowest BCUT2D eigenvalue weighted by Crippen LogP contribution is -2.51. The molecule has 32 heavy (non-hydrogen) atoms. The van der Waals surface area contributed by atoms with Crippen LogP contribution in [0, 0.1) is 5.92 Å². The van der Waals surface area contributed by atoms with Crippen molar-refractivity contribution in [3.8, 4) is 0 Å². The zero-order chi connectivity index (χ0) is 23.5. The topological polar surface area (TPSA) is 86.8 Å². The number of hydrogen-bond acceptors (Lipinski definition) is 4. The van der Waals surface area contributed by atoms with E-state index in [1.807, 2.05) is 38.1 Å². The molecule has 1 aliphatic rings. The quantitative estimate of drug-likeness (QED) is 0.660. The third-order valence-electron chi connectivity index (χ3n) is 5.81. The van der Waals surface area contributed by atoms with E-state index in [9.17, 15) is 18.0 Å². The van der Waals surface area contributed by atoms with Gasteiger partial charge in [0, 0.05) is 30.9 Å². The van der Waals surface area contributed by atoms with Crippen molar-refractivity contribution >= 4 is 27.5 Å². The van der Waals surface area contributed by atoms with Gasteiger partial charge in [-0.2, -0.15) is 4.31 Å². The normalized spacial score (nSPS) is 14.5. The third-order valence-corrected chi connectivity index (χ3v) is 7.86. The van der Waals surface area contributed by atoms with Gasteiger partial charge in [-0.25, -0.2) is 8.42 Å². The summed E-state index contributed by atoms with van der Waals surface area (Å²) in [4.78, 5) is 28.1. The molecule has 0 bridgehead atoms. The maximum Gasteiger partial charge on any atom is 0.251 e. The number of amides is 2. The Hall–Kier alpha value is -2.71. The van der Waals surface area contributed by atoms with Gasteiger partial charge in [0.25, 0.3) is 5.91 Å². The number of fused-ring (bicyclic) bond motifs is 1. The van der Waals surface area contributed by atoms with Crippen molar-refractivity contribution in [2.75, 3.05) is 24.5 Å². The average molecular weight is 458 g/mol. The van der Waals surface area contributed by atoms with E-state index in [4.69, 9.17) is 0 Å². The van der Waals surface area contributed by atoms with Crippen molar-refractivity contribution < 1.29 is 18.0 Å². The molecule has 1 heterocycles. The van der Waals surface area contributed by atoms with E-state index in [1.165, 1.54) is 16.4 Å². The minimum atomic E-state index is -3.69. The number of benzene rings is 2. The molecule has 0 spiro atoms. The van der Waals surface area contributed by atoms with Crippen LogP contribution in [0.15, 0.2) is 53.4 Å². The lowest BCUT2D eigenvalue weighted by Gasteiger charge is -2.27. The van der Waals surface area contributed by atoms with E-state index in [-0.39, 0.29) is 22.3 Å². The molecule has 0 saturated carbocycles. The summed E-state index contributed by atoms with van der Waals surface area (Å²) in [6.45, 7) is 8.57. The van der Waals surface area contributed by atoms with Gasteiger partial charge in [0.1, 0.15) is 6.04 Å². The Bertz CT molecular complexity index is 1090. The average Bonchev–Trinajstić information content (AvgIpc) is 3.21. The molecule has 1 unspecified atom stereocenters. The molecule has 0 fully saturated rings. The van der Waals surface area contributed by atoms with Crippen LogP contribution in [0.3, 0.4) is 0 Å². The highest BCUT2D eigenvalue weighted by molar-refractivity contribution is 7.89. The second-order valence-corrected chi connectivity index (χ2v) is 10.1. The molecule has 0 radical (unpaired) electrons. The maximum atomic E-state index is 13.3. The van der Waals surface area contributed by atoms with Crippen molar-refractivity contribution in [2.24, 2.45) is 5.92 Å². The minimum absolute atomic E-state index is 0.0646. The first-order valence-electron chi connectivity index (χ1n) is 11.0. The Morgan fingerprint density at radius 3 is 2.41 bits per heavy atom. The Morgan fingerprint density at radius 1 is 1.06 bits per heavy atom. The molecule has 0 saturated heterocycles. The van der Waals surface area contributed by atoms with Crippen molar-refractivity contribution in [1.29, 1.82) is 0 Å². The summed E-state index contributed by atoms with van der Waals surface area (Å²) in [6, 6.07) is 13.0. The van der Waals surface area contributed by atoms with Crippen LogP contribution in [0.1, 0.15) is 43.6 Å². The maximum absolute atomic E-state index is 13.3. The van der Waals surface area contributed by atoms with Crippen molar-refractivity contribution in [3.05, 3.63) is 59.7 Å². The standard InChI is InChI=1S/C24H31N3O4S/c1-5-26(6-2)32(30,31)20-12-9-11-19(16-20)23(28)25-22(17(3)4)24(29)27-15-14-18-10-7-8-13-21(18)27/h7-13,16-17,22H,5-6,14-15H2,1-4H3,(H,25,28). The smallest absolute Gasteiger partial charge is 0.251 e. The summed E-state index contributed by atoms with van der Waals surface area (Å²) in [7, 11) is -3.69. The Labute approximate surface area is 190 Å². The number of para-hydroxylation sites is 1. The van der Waals surface area contributed by atoms with Crippen LogP contribution in [-0.4, -0.2) is 50.2 Å². The first-order valence-corrected chi connectivity index (χ1v) is 12.4. The van der Waals surface area contributed by atoms with Gasteiger partial charge in [0.2, 0.25) is 15.9 Å².